The predicted octanol–water partition coefficient (Wildman–Crippen LogP) is 1.55. The van der Waals surface area contributed by atoms with Crippen molar-refractivity contribution in [3.63, 3.8) is 0 Å². The summed E-state index contributed by atoms with van der Waals surface area (Å²) < 4.78 is 5.39. The minimum absolute atomic E-state index is 0.205. The number of nitrogens with two attached hydrogens (primary N) is 1. The Labute approximate surface area is 99.4 Å². The lowest BCUT2D eigenvalue weighted by atomic mass is 10.0. The van der Waals surface area contributed by atoms with Crippen molar-refractivity contribution in [1.82, 2.24) is 9.97 Å². The SMILES string of the molecule is Nc1cnc(Cl)nc1NCC1CCCOC1. The van der Waals surface area contributed by atoms with Gasteiger partial charge in [-0.25, -0.2) is 4.98 Å². The van der Waals surface area contributed by atoms with Crippen LogP contribution in [0.5, 0.6) is 0 Å². The standard InChI is InChI=1S/C10H15ClN4O/c11-10-14-5-8(12)9(15-10)13-4-7-2-1-3-16-6-7/h5,7H,1-4,6,12H2,(H,13,14,15). The molecule has 1 aliphatic heterocycles. The quantitative estimate of drug-likeness (QED) is 0.787. The molecule has 1 aromatic rings. The molecule has 88 valence electrons. The van der Waals surface area contributed by atoms with Crippen LogP contribution in [0, 0.1) is 5.92 Å². The van der Waals surface area contributed by atoms with Crippen LogP contribution in [-0.2, 0) is 4.74 Å². The van der Waals surface area contributed by atoms with Crippen LogP contribution >= 0.6 is 11.6 Å². The molecule has 0 radical (unpaired) electrons. The Balaban J connectivity index is 1.90. The van der Waals surface area contributed by atoms with Crippen molar-refractivity contribution in [2.75, 3.05) is 30.8 Å². The van der Waals surface area contributed by atoms with E-state index in [1.54, 1.807) is 0 Å². The van der Waals surface area contributed by atoms with Gasteiger partial charge in [-0.2, -0.15) is 4.98 Å². The first-order valence-corrected chi connectivity index (χ1v) is 5.73. The molecule has 6 heteroatoms. The molecule has 0 bridgehead atoms. The smallest absolute Gasteiger partial charge is 0.224 e. The maximum Gasteiger partial charge on any atom is 0.224 e. The van der Waals surface area contributed by atoms with Gasteiger partial charge in [0, 0.05) is 13.2 Å². The summed E-state index contributed by atoms with van der Waals surface area (Å²) in [6, 6.07) is 0. The van der Waals surface area contributed by atoms with E-state index < -0.39 is 0 Å². The Morgan fingerprint density at radius 1 is 1.62 bits per heavy atom. The second-order valence-electron chi connectivity index (χ2n) is 3.91. The molecular formula is C10H15ClN4O. The van der Waals surface area contributed by atoms with E-state index in [9.17, 15) is 0 Å². The van der Waals surface area contributed by atoms with Crippen LogP contribution in [0.25, 0.3) is 0 Å². The van der Waals surface area contributed by atoms with E-state index >= 15 is 0 Å². The molecule has 5 nitrogen and oxygen atoms in total. The summed E-state index contributed by atoms with van der Waals surface area (Å²) in [4.78, 5) is 7.83. The van der Waals surface area contributed by atoms with E-state index in [0.717, 1.165) is 26.2 Å². The van der Waals surface area contributed by atoms with Crippen molar-refractivity contribution < 1.29 is 4.74 Å². The lowest BCUT2D eigenvalue weighted by molar-refractivity contribution is 0.0595. The van der Waals surface area contributed by atoms with Crippen molar-refractivity contribution in [2.45, 2.75) is 12.8 Å². The van der Waals surface area contributed by atoms with Crippen molar-refractivity contribution in [1.29, 1.82) is 0 Å². The Kier molecular flexibility index (Phi) is 3.79. The zero-order chi connectivity index (χ0) is 11.4. The molecule has 0 saturated carbocycles. The van der Waals surface area contributed by atoms with Gasteiger partial charge >= 0.3 is 0 Å². The van der Waals surface area contributed by atoms with Crippen LogP contribution < -0.4 is 11.1 Å². The molecule has 1 unspecified atom stereocenters. The molecule has 16 heavy (non-hydrogen) atoms. The van der Waals surface area contributed by atoms with E-state index in [1.807, 2.05) is 0 Å². The van der Waals surface area contributed by atoms with Gasteiger partial charge in [-0.3, -0.25) is 0 Å². The summed E-state index contributed by atoms with van der Waals surface area (Å²) in [5.41, 5.74) is 6.24. The van der Waals surface area contributed by atoms with E-state index in [-0.39, 0.29) is 5.28 Å². The highest BCUT2D eigenvalue weighted by molar-refractivity contribution is 6.28. The molecule has 1 fully saturated rings. The fraction of sp³-hybridized carbons (Fsp3) is 0.600. The molecule has 1 saturated heterocycles. The number of hydrogen-bond acceptors (Lipinski definition) is 5. The molecule has 2 heterocycles. The van der Waals surface area contributed by atoms with Gasteiger partial charge in [0.25, 0.3) is 0 Å². The summed E-state index contributed by atoms with van der Waals surface area (Å²) in [5, 5.41) is 3.39. The predicted molar refractivity (Wildman–Crippen MR) is 63.5 cm³/mol. The van der Waals surface area contributed by atoms with Crippen LogP contribution in [0.1, 0.15) is 12.8 Å². The Morgan fingerprint density at radius 2 is 2.50 bits per heavy atom. The van der Waals surface area contributed by atoms with Gasteiger partial charge in [0.1, 0.15) is 0 Å². The van der Waals surface area contributed by atoms with Crippen LogP contribution in [0.15, 0.2) is 6.20 Å². The number of nitrogens with zero attached hydrogens (tertiary/aromatic N) is 2. The highest BCUT2D eigenvalue weighted by Crippen LogP contribution is 2.18. The third kappa shape index (κ3) is 2.96. The number of rotatable bonds is 3. The second-order valence-corrected chi connectivity index (χ2v) is 4.25. The molecule has 2 rings (SSSR count). The van der Waals surface area contributed by atoms with Gasteiger partial charge in [0.05, 0.1) is 18.5 Å². The summed E-state index contributed by atoms with van der Waals surface area (Å²) in [6.45, 7) is 2.47. The number of anilines is 2. The number of nitrogens with one attached hydrogen (secondary N) is 1. The normalized spacial score (nSPS) is 20.7. The van der Waals surface area contributed by atoms with E-state index in [0.29, 0.717) is 17.4 Å². The fourth-order valence-corrected chi connectivity index (χ4v) is 1.85. The number of aromatic nitrogens is 2. The maximum atomic E-state index is 5.73. The molecule has 1 aliphatic rings. The first-order chi connectivity index (χ1) is 7.75. The van der Waals surface area contributed by atoms with E-state index in [4.69, 9.17) is 22.1 Å². The highest BCUT2D eigenvalue weighted by atomic mass is 35.5. The van der Waals surface area contributed by atoms with Gasteiger partial charge in [-0.1, -0.05) is 0 Å². The fourth-order valence-electron chi connectivity index (χ4n) is 1.72. The Bertz CT molecular complexity index is 355. The number of halogens is 1. The molecule has 0 amide bonds. The van der Waals surface area contributed by atoms with Crippen LogP contribution in [0.3, 0.4) is 0 Å². The van der Waals surface area contributed by atoms with E-state index in [2.05, 4.69) is 15.3 Å². The molecule has 0 spiro atoms. The van der Waals surface area contributed by atoms with Crippen LogP contribution in [-0.4, -0.2) is 29.7 Å². The average Bonchev–Trinajstić information content (AvgIpc) is 2.32. The molecular weight excluding hydrogens is 228 g/mol. The number of nitrogen functional groups attached to an aromatic ring is 1. The van der Waals surface area contributed by atoms with Crippen LogP contribution in [0.2, 0.25) is 5.28 Å². The van der Waals surface area contributed by atoms with Gasteiger partial charge < -0.3 is 15.8 Å². The average molecular weight is 243 g/mol. The van der Waals surface area contributed by atoms with Gasteiger partial charge in [-0.15, -0.1) is 0 Å². The first kappa shape index (κ1) is 11.4. The topological polar surface area (TPSA) is 73.1 Å². The molecule has 1 aromatic heterocycles. The van der Waals surface area contributed by atoms with E-state index in [1.165, 1.54) is 12.6 Å². The lowest BCUT2D eigenvalue weighted by Gasteiger charge is -2.22. The second kappa shape index (κ2) is 5.32. The zero-order valence-electron chi connectivity index (χ0n) is 8.95. The number of ether oxygens (including phenoxy) is 1. The van der Waals surface area contributed by atoms with Crippen molar-refractivity contribution in [3.05, 3.63) is 11.5 Å². The third-order valence-electron chi connectivity index (χ3n) is 2.60. The summed E-state index contributed by atoms with van der Waals surface area (Å²) >= 11 is 5.70. The largest absolute Gasteiger partial charge is 0.394 e. The van der Waals surface area contributed by atoms with Crippen molar-refractivity contribution >= 4 is 23.1 Å². The maximum absolute atomic E-state index is 5.73. The monoisotopic (exact) mass is 242 g/mol. The summed E-state index contributed by atoms with van der Waals surface area (Å²) in [6.07, 6.45) is 3.80. The zero-order valence-corrected chi connectivity index (χ0v) is 9.70. The number of hydrogen-bond donors (Lipinski definition) is 2. The molecule has 3 N–H and O–H groups in total. The Morgan fingerprint density at radius 3 is 3.25 bits per heavy atom. The highest BCUT2D eigenvalue weighted by Gasteiger charge is 2.14. The minimum Gasteiger partial charge on any atom is -0.394 e. The van der Waals surface area contributed by atoms with Gasteiger partial charge in [-0.05, 0) is 30.4 Å². The Hall–Kier alpha value is -1.07. The van der Waals surface area contributed by atoms with Gasteiger partial charge in [0.15, 0.2) is 5.82 Å². The molecule has 0 aliphatic carbocycles. The lowest BCUT2D eigenvalue weighted by Crippen LogP contribution is -2.24. The first-order valence-electron chi connectivity index (χ1n) is 5.35. The third-order valence-corrected chi connectivity index (χ3v) is 2.78. The van der Waals surface area contributed by atoms with Gasteiger partial charge in [0.2, 0.25) is 5.28 Å². The summed E-state index contributed by atoms with van der Waals surface area (Å²) in [5.74, 6) is 1.12. The van der Waals surface area contributed by atoms with Crippen LogP contribution in [0.4, 0.5) is 11.5 Å². The minimum atomic E-state index is 0.205. The molecule has 1 atom stereocenters. The van der Waals surface area contributed by atoms with Crippen molar-refractivity contribution in [2.24, 2.45) is 5.92 Å². The molecule has 0 aromatic carbocycles. The van der Waals surface area contributed by atoms with Crippen molar-refractivity contribution in [3.8, 4) is 0 Å². The summed E-state index contributed by atoms with van der Waals surface area (Å²) in [7, 11) is 0.